The molecule has 0 unspecified atom stereocenters. The van der Waals surface area contributed by atoms with Crippen LogP contribution in [0, 0.1) is 0 Å². The van der Waals surface area contributed by atoms with Crippen LogP contribution in [0.2, 0.25) is 0 Å². The molecule has 0 saturated heterocycles. The topological polar surface area (TPSA) is 36.9 Å². The van der Waals surface area contributed by atoms with Gasteiger partial charge >= 0.3 is 9.05 Å². The lowest BCUT2D eigenvalue weighted by molar-refractivity contribution is -0.0389. The number of rotatable bonds is 16. The fourth-order valence-corrected chi connectivity index (χ4v) is 5.03. The van der Waals surface area contributed by atoms with E-state index < -0.39 is 72.2 Å². The number of hydrogen-bond donors (Lipinski definition) is 0. The van der Waals surface area contributed by atoms with Gasteiger partial charge in [0.05, 0.1) is 26.4 Å². The maximum absolute atomic E-state index is 6.05. The Morgan fingerprint density at radius 3 is 0.667 bits per heavy atom. The second-order valence-corrected chi connectivity index (χ2v) is 18.6. The molecule has 0 aliphatic heterocycles. The van der Waals surface area contributed by atoms with Crippen molar-refractivity contribution in [3.8, 4) is 0 Å². The molecule has 0 aromatic carbocycles. The minimum atomic E-state index is -4.56. The molecule has 0 radical (unpaired) electrons. The lowest BCUT2D eigenvalue weighted by Crippen LogP contribution is -2.56. The quantitative estimate of drug-likeness (QED) is 0.115. The number of halogens is 16. The summed E-state index contributed by atoms with van der Waals surface area (Å²) in [6.45, 7) is -2.58. The van der Waals surface area contributed by atoms with Crippen molar-refractivity contribution in [3.63, 3.8) is 0 Å². The van der Waals surface area contributed by atoms with Gasteiger partial charge in [-0.1, -0.05) is 92.8 Å². The molecule has 4 nitrogen and oxygen atoms in total. The molecule has 33 heavy (non-hydrogen) atoms. The van der Waals surface area contributed by atoms with Gasteiger partial charge in [-0.15, -0.1) is 92.8 Å². The zero-order chi connectivity index (χ0) is 26.5. The normalized spacial score (nSPS) is 14.9. The Hall–Kier alpha value is 4.70. The molecule has 21 heteroatoms. The molecule has 0 aliphatic rings. The van der Waals surface area contributed by atoms with Crippen LogP contribution in [0.15, 0.2) is 0 Å². The Labute approximate surface area is 272 Å². The molecule has 0 spiro atoms. The van der Waals surface area contributed by atoms with Crippen molar-refractivity contribution in [1.82, 2.24) is 0 Å². The third kappa shape index (κ3) is 13.7. The Bertz CT molecular complexity index is 488. The third-order valence-electron chi connectivity index (χ3n) is 3.04. The highest BCUT2D eigenvalue weighted by atomic mass is 35.6. The summed E-state index contributed by atoms with van der Waals surface area (Å²) in [5, 5.41) is 0. The van der Waals surface area contributed by atoms with Crippen LogP contribution < -0.4 is 0 Å². The van der Waals surface area contributed by atoms with Gasteiger partial charge in [-0.2, -0.15) is 0 Å². The summed E-state index contributed by atoms with van der Waals surface area (Å²) >= 11 is 94.4. The van der Waals surface area contributed by atoms with Crippen molar-refractivity contribution in [2.45, 2.75) is 36.7 Å². The molecule has 0 saturated carbocycles. The first-order chi connectivity index (χ1) is 14.6. The summed E-state index contributed by atoms with van der Waals surface area (Å²) in [6.07, 6.45) is 0. The van der Waals surface area contributed by atoms with Crippen LogP contribution in [-0.2, 0) is 17.7 Å². The van der Waals surface area contributed by atoms with E-state index >= 15 is 0 Å². The Morgan fingerprint density at radius 1 is 0.394 bits per heavy atom. The molecule has 0 heterocycles. The minimum absolute atomic E-state index is 0.645. The molecular weight excluding hydrogens is 803 g/mol. The van der Waals surface area contributed by atoms with E-state index in [2.05, 4.69) is 0 Å². The molecule has 0 atom stereocenters. The third-order valence-corrected chi connectivity index (χ3v) is 12.4. The van der Waals surface area contributed by atoms with Crippen LogP contribution in [-0.4, -0.2) is 72.2 Å². The van der Waals surface area contributed by atoms with Gasteiger partial charge in [0.2, 0.25) is 0 Å². The highest BCUT2D eigenvalue weighted by Gasteiger charge is 2.54. The molecule has 200 valence electrons. The summed E-state index contributed by atoms with van der Waals surface area (Å²) in [5.74, 6) is 0. The SMILES string of the molecule is ClC(Cl)C(Cl)(Cl)CO[Si](OCC(Cl)(Cl)C(Cl)Cl)(OCC(Cl)(Cl)C(Cl)Cl)OCC(Cl)(Cl)C(Cl)Cl. The van der Waals surface area contributed by atoms with Gasteiger partial charge in [0, 0.05) is 0 Å². The predicted octanol–water partition coefficient (Wildman–Crippen LogP) is 9.40. The predicted molar refractivity (Wildman–Crippen MR) is 149 cm³/mol. The monoisotopic (exact) mass is 808 g/mol. The van der Waals surface area contributed by atoms with E-state index in [0.717, 1.165) is 0 Å². The van der Waals surface area contributed by atoms with E-state index in [0.29, 0.717) is 0 Å². The molecule has 0 aliphatic carbocycles. The van der Waals surface area contributed by atoms with Gasteiger partial charge < -0.3 is 17.7 Å². The standard InChI is InChI=1S/C12H12Cl16O4Si/c13-5(14)9(21,22)1-29-33(30-2-10(23,24)6(15)16,31-3-11(25,26)7(17)18)32-4-12(27,28)8(19)20/h5-8H,1-4H2. The highest BCUT2D eigenvalue weighted by Crippen LogP contribution is 2.39. The van der Waals surface area contributed by atoms with E-state index in [1.54, 1.807) is 0 Å². The van der Waals surface area contributed by atoms with Gasteiger partial charge in [0.1, 0.15) is 19.3 Å². The first kappa shape index (κ1) is 37.7. The summed E-state index contributed by atoms with van der Waals surface area (Å²) < 4.78 is 14.9. The highest BCUT2D eigenvalue weighted by molar-refractivity contribution is 6.63. The Balaban J connectivity index is 6.11. The first-order valence-electron chi connectivity index (χ1n) is 7.80. The Morgan fingerprint density at radius 2 is 0.545 bits per heavy atom. The fourth-order valence-electron chi connectivity index (χ4n) is 1.24. The largest absolute Gasteiger partial charge is 0.680 e. The summed E-state index contributed by atoms with van der Waals surface area (Å²) in [7, 11) is -4.56. The van der Waals surface area contributed by atoms with Crippen LogP contribution in [0.25, 0.3) is 0 Å². The van der Waals surface area contributed by atoms with Crippen molar-refractivity contribution in [1.29, 1.82) is 0 Å². The molecule has 0 N–H and O–H groups in total. The smallest absolute Gasteiger partial charge is 0.348 e. The maximum Gasteiger partial charge on any atom is 0.680 e. The van der Waals surface area contributed by atoms with E-state index in [1.807, 2.05) is 0 Å². The van der Waals surface area contributed by atoms with Crippen molar-refractivity contribution in [2.75, 3.05) is 26.4 Å². The van der Waals surface area contributed by atoms with Gasteiger partial charge in [0.15, 0.2) is 17.3 Å². The molecule has 0 aromatic rings. The van der Waals surface area contributed by atoms with Crippen molar-refractivity contribution < 1.29 is 17.7 Å². The van der Waals surface area contributed by atoms with Crippen LogP contribution in [0.3, 0.4) is 0 Å². The van der Waals surface area contributed by atoms with Gasteiger partial charge in [0.25, 0.3) is 0 Å². The van der Waals surface area contributed by atoms with Gasteiger partial charge in [-0.05, 0) is 0 Å². The second-order valence-electron chi connectivity index (χ2n) is 5.90. The number of hydrogen-bond acceptors (Lipinski definition) is 4. The average molecular weight is 816 g/mol. The van der Waals surface area contributed by atoms with Crippen LogP contribution >= 0.6 is 186 Å². The fraction of sp³-hybridized carbons (Fsp3) is 1.00. The Kier molecular flexibility index (Phi) is 17.9. The van der Waals surface area contributed by atoms with E-state index in [9.17, 15) is 0 Å². The molecule has 0 aromatic heterocycles. The molecule has 0 rings (SSSR count). The zero-order valence-corrected chi connectivity index (χ0v) is 28.4. The van der Waals surface area contributed by atoms with Crippen LogP contribution in [0.5, 0.6) is 0 Å². The minimum Gasteiger partial charge on any atom is -0.348 e. The van der Waals surface area contributed by atoms with Crippen molar-refractivity contribution in [3.05, 3.63) is 0 Å². The van der Waals surface area contributed by atoms with Gasteiger partial charge in [-0.25, -0.2) is 0 Å². The zero-order valence-electron chi connectivity index (χ0n) is 15.3. The van der Waals surface area contributed by atoms with Crippen LogP contribution in [0.4, 0.5) is 0 Å². The average Bonchev–Trinajstić information content (AvgIpc) is 2.66. The van der Waals surface area contributed by atoms with Crippen LogP contribution in [0.1, 0.15) is 0 Å². The van der Waals surface area contributed by atoms with Crippen molar-refractivity contribution in [2.24, 2.45) is 0 Å². The van der Waals surface area contributed by atoms with E-state index in [4.69, 9.17) is 203 Å². The molecule has 0 fully saturated rings. The van der Waals surface area contributed by atoms with Crippen molar-refractivity contribution >= 4 is 195 Å². The molecule has 0 amide bonds. The van der Waals surface area contributed by atoms with Gasteiger partial charge in [-0.3, -0.25) is 0 Å². The van der Waals surface area contributed by atoms with E-state index in [-0.39, 0.29) is 0 Å². The first-order valence-corrected chi connectivity index (χ1v) is 15.9. The lowest BCUT2D eigenvalue weighted by atomic mass is 10.5. The summed E-state index contributed by atoms with van der Waals surface area (Å²) in [5.41, 5.74) is 0. The number of alkyl halides is 16. The summed E-state index contributed by atoms with van der Waals surface area (Å²) in [4.78, 5) is -5.36. The summed E-state index contributed by atoms with van der Waals surface area (Å²) in [6, 6.07) is 0. The van der Waals surface area contributed by atoms with E-state index in [1.165, 1.54) is 0 Å². The maximum atomic E-state index is 6.05. The second kappa shape index (κ2) is 15.6. The lowest BCUT2D eigenvalue weighted by Gasteiger charge is -2.35. The molecule has 0 bridgehead atoms. The molecular formula is C12H12Cl16O4Si.